The van der Waals surface area contributed by atoms with Gasteiger partial charge in [-0.1, -0.05) is 135 Å². The molecule has 1 aliphatic rings. The first kappa shape index (κ1) is 45.0. The van der Waals surface area contributed by atoms with Gasteiger partial charge >= 0.3 is 5.97 Å². The molecule has 0 radical (unpaired) electrons. The smallest absolute Gasteiger partial charge is 0.306 e. The number of ether oxygens (including phenoxy) is 4. The highest BCUT2D eigenvalue weighted by Crippen LogP contribution is 2.22. The predicted octanol–water partition coefficient (Wildman–Crippen LogP) is 7.69. The monoisotopic (exact) mass is 687 g/mol. The second-order valence-corrected chi connectivity index (χ2v) is 13.7. The number of esters is 1. The van der Waals surface area contributed by atoms with E-state index in [0.717, 1.165) is 32.1 Å². The van der Waals surface area contributed by atoms with Crippen molar-refractivity contribution in [3.63, 3.8) is 0 Å². The Morgan fingerprint density at radius 1 is 0.646 bits per heavy atom. The van der Waals surface area contributed by atoms with Crippen molar-refractivity contribution in [2.45, 2.75) is 205 Å². The third kappa shape index (κ3) is 23.4. The van der Waals surface area contributed by atoms with E-state index in [9.17, 15) is 25.2 Å². The van der Waals surface area contributed by atoms with E-state index in [1.807, 2.05) is 0 Å². The van der Waals surface area contributed by atoms with E-state index >= 15 is 0 Å². The quantitative estimate of drug-likeness (QED) is 0.0311. The molecule has 0 saturated carbocycles. The van der Waals surface area contributed by atoms with E-state index in [1.165, 1.54) is 116 Å². The standard InChI is InChI=1S/C39H74O9/c1-3-5-7-9-11-12-13-14-15-16-17-18-19-20-21-22-23-24-26-28-35(41)47-33(31-45-29-27-25-10-8-6-4-2)32-46-39-38(44)37(43)36(42)34(30-40)48-39/h14-15,33-34,36-40,42-44H,3-13,16-32H2,1-2H3/b15-14-. The second kappa shape index (κ2) is 31.9. The normalized spacial score (nSPS) is 22.0. The zero-order valence-corrected chi connectivity index (χ0v) is 30.7. The van der Waals surface area contributed by atoms with Crippen molar-refractivity contribution < 1.29 is 44.2 Å². The number of carbonyl (C=O) groups excluding carboxylic acids is 1. The summed E-state index contributed by atoms with van der Waals surface area (Å²) in [6.45, 7) is 4.50. The van der Waals surface area contributed by atoms with E-state index in [2.05, 4.69) is 26.0 Å². The summed E-state index contributed by atoms with van der Waals surface area (Å²) in [5.74, 6) is -0.318. The zero-order valence-electron chi connectivity index (χ0n) is 30.7. The Kier molecular flexibility index (Phi) is 29.9. The van der Waals surface area contributed by atoms with Crippen molar-refractivity contribution in [2.75, 3.05) is 26.4 Å². The van der Waals surface area contributed by atoms with Gasteiger partial charge < -0.3 is 39.4 Å². The van der Waals surface area contributed by atoms with Crippen LogP contribution in [-0.4, -0.2) is 89.6 Å². The first-order valence-electron chi connectivity index (χ1n) is 19.8. The van der Waals surface area contributed by atoms with E-state index < -0.39 is 43.4 Å². The Bertz CT molecular complexity index is 747. The molecule has 6 atom stereocenters. The van der Waals surface area contributed by atoms with Crippen LogP contribution in [0.15, 0.2) is 12.2 Å². The first-order valence-corrected chi connectivity index (χ1v) is 19.8. The summed E-state index contributed by atoms with van der Waals surface area (Å²) in [4.78, 5) is 12.7. The molecule has 0 amide bonds. The topological polar surface area (TPSA) is 135 Å². The fourth-order valence-electron chi connectivity index (χ4n) is 6.01. The molecule has 0 aromatic carbocycles. The van der Waals surface area contributed by atoms with Crippen molar-refractivity contribution in [3.8, 4) is 0 Å². The van der Waals surface area contributed by atoms with Gasteiger partial charge in [0.05, 0.1) is 19.8 Å². The minimum Gasteiger partial charge on any atom is -0.457 e. The number of unbranched alkanes of at least 4 members (excludes halogenated alkanes) is 20. The minimum atomic E-state index is -1.53. The van der Waals surface area contributed by atoms with Crippen LogP contribution in [0.1, 0.15) is 168 Å². The maximum atomic E-state index is 12.7. The van der Waals surface area contributed by atoms with Crippen LogP contribution in [0.2, 0.25) is 0 Å². The number of rotatable bonds is 33. The Balaban J connectivity index is 2.21. The summed E-state index contributed by atoms with van der Waals surface area (Å²) in [5.41, 5.74) is 0. The lowest BCUT2D eigenvalue weighted by Gasteiger charge is -2.39. The lowest BCUT2D eigenvalue weighted by molar-refractivity contribution is -0.305. The summed E-state index contributed by atoms with van der Waals surface area (Å²) >= 11 is 0. The molecule has 1 fully saturated rings. The fraction of sp³-hybridized carbons (Fsp3) is 0.923. The van der Waals surface area contributed by atoms with Gasteiger partial charge in [-0.25, -0.2) is 0 Å². The van der Waals surface area contributed by atoms with Gasteiger partial charge in [-0.2, -0.15) is 0 Å². The minimum absolute atomic E-state index is 0.111. The molecule has 9 nitrogen and oxygen atoms in total. The molecular formula is C39H74O9. The van der Waals surface area contributed by atoms with Crippen LogP contribution in [-0.2, 0) is 23.7 Å². The fourth-order valence-corrected chi connectivity index (χ4v) is 6.01. The highest BCUT2D eigenvalue weighted by molar-refractivity contribution is 5.69. The van der Waals surface area contributed by atoms with Crippen LogP contribution >= 0.6 is 0 Å². The number of aliphatic hydroxyl groups excluding tert-OH is 4. The number of hydrogen-bond acceptors (Lipinski definition) is 9. The number of carbonyl (C=O) groups is 1. The van der Waals surface area contributed by atoms with E-state index in [4.69, 9.17) is 18.9 Å². The second-order valence-electron chi connectivity index (χ2n) is 13.7. The first-order chi connectivity index (χ1) is 23.4. The molecule has 1 saturated heterocycles. The molecule has 284 valence electrons. The highest BCUT2D eigenvalue weighted by atomic mass is 16.7. The molecule has 48 heavy (non-hydrogen) atoms. The summed E-state index contributed by atoms with van der Waals surface area (Å²) in [6.07, 6.45) is 25.4. The van der Waals surface area contributed by atoms with E-state index in [0.29, 0.717) is 13.0 Å². The molecule has 0 aromatic rings. The third-order valence-corrected chi connectivity index (χ3v) is 9.18. The summed E-state index contributed by atoms with van der Waals surface area (Å²) < 4.78 is 22.6. The lowest BCUT2D eigenvalue weighted by atomic mass is 9.99. The lowest BCUT2D eigenvalue weighted by Crippen LogP contribution is -2.59. The van der Waals surface area contributed by atoms with Gasteiger partial charge in [0.15, 0.2) is 6.29 Å². The van der Waals surface area contributed by atoms with Crippen LogP contribution in [0.4, 0.5) is 0 Å². The largest absolute Gasteiger partial charge is 0.457 e. The maximum absolute atomic E-state index is 12.7. The number of allylic oxidation sites excluding steroid dienone is 2. The highest BCUT2D eigenvalue weighted by Gasteiger charge is 2.44. The SMILES string of the molecule is CCCCCCCC/C=C\CCCCCCCCCCCC(=O)OC(COCCCCCCCC)COC1OC(CO)C(O)C(O)C1O. The molecule has 1 heterocycles. The Hall–Kier alpha value is -1.07. The van der Waals surface area contributed by atoms with Crippen LogP contribution in [0.5, 0.6) is 0 Å². The van der Waals surface area contributed by atoms with Gasteiger partial charge in [-0.05, 0) is 38.5 Å². The van der Waals surface area contributed by atoms with Crippen molar-refractivity contribution in [2.24, 2.45) is 0 Å². The average Bonchev–Trinajstić information content (AvgIpc) is 3.08. The molecule has 1 rings (SSSR count). The molecule has 0 aliphatic carbocycles. The maximum Gasteiger partial charge on any atom is 0.306 e. The Morgan fingerprint density at radius 2 is 1.15 bits per heavy atom. The summed E-state index contributed by atoms with van der Waals surface area (Å²) in [7, 11) is 0. The van der Waals surface area contributed by atoms with Crippen LogP contribution < -0.4 is 0 Å². The van der Waals surface area contributed by atoms with E-state index in [-0.39, 0.29) is 19.2 Å². The molecular weight excluding hydrogens is 612 g/mol. The van der Waals surface area contributed by atoms with Crippen LogP contribution in [0, 0.1) is 0 Å². The molecule has 0 bridgehead atoms. The van der Waals surface area contributed by atoms with Crippen LogP contribution in [0.25, 0.3) is 0 Å². The molecule has 0 aromatic heterocycles. The van der Waals surface area contributed by atoms with Crippen molar-refractivity contribution in [3.05, 3.63) is 12.2 Å². The van der Waals surface area contributed by atoms with Crippen molar-refractivity contribution >= 4 is 5.97 Å². The van der Waals surface area contributed by atoms with Gasteiger partial charge in [-0.15, -0.1) is 0 Å². The Labute approximate surface area is 293 Å². The Morgan fingerprint density at radius 3 is 1.69 bits per heavy atom. The molecule has 1 aliphatic heterocycles. The molecule has 6 unspecified atom stereocenters. The molecule has 4 N–H and O–H groups in total. The third-order valence-electron chi connectivity index (χ3n) is 9.18. The average molecular weight is 687 g/mol. The van der Waals surface area contributed by atoms with Gasteiger partial charge in [0.25, 0.3) is 0 Å². The molecule has 9 heteroatoms. The van der Waals surface area contributed by atoms with Crippen LogP contribution in [0.3, 0.4) is 0 Å². The predicted molar refractivity (Wildman–Crippen MR) is 192 cm³/mol. The summed E-state index contributed by atoms with van der Waals surface area (Å²) in [6, 6.07) is 0. The summed E-state index contributed by atoms with van der Waals surface area (Å²) in [5, 5.41) is 39.8. The van der Waals surface area contributed by atoms with Crippen molar-refractivity contribution in [1.29, 1.82) is 0 Å². The van der Waals surface area contributed by atoms with Gasteiger partial charge in [0.1, 0.15) is 30.5 Å². The van der Waals surface area contributed by atoms with Gasteiger partial charge in [-0.3, -0.25) is 4.79 Å². The molecule has 0 spiro atoms. The number of hydrogen-bond donors (Lipinski definition) is 4. The number of aliphatic hydroxyl groups is 4. The van der Waals surface area contributed by atoms with E-state index in [1.54, 1.807) is 0 Å². The zero-order chi connectivity index (χ0) is 35.1. The van der Waals surface area contributed by atoms with Gasteiger partial charge in [0.2, 0.25) is 0 Å². The van der Waals surface area contributed by atoms with Gasteiger partial charge in [0, 0.05) is 13.0 Å². The van der Waals surface area contributed by atoms with Crippen molar-refractivity contribution in [1.82, 2.24) is 0 Å².